The van der Waals surface area contributed by atoms with Crippen LogP contribution in [0.4, 0.5) is 23.7 Å². The van der Waals surface area contributed by atoms with Crippen LogP contribution in [0.3, 0.4) is 0 Å². The van der Waals surface area contributed by atoms with Gasteiger partial charge in [-0.1, -0.05) is 15.9 Å². The number of aliphatic hydroxyl groups is 1. The van der Waals surface area contributed by atoms with E-state index in [1.54, 1.807) is 29.4 Å². The smallest absolute Gasteiger partial charge is 0.475 e. The number of amides is 3. The number of carboxylic acids is 1. The Morgan fingerprint density at radius 1 is 1.11 bits per heavy atom. The van der Waals surface area contributed by atoms with E-state index in [9.17, 15) is 27.9 Å². The van der Waals surface area contributed by atoms with Gasteiger partial charge in [0.1, 0.15) is 6.10 Å². The van der Waals surface area contributed by atoms with E-state index in [4.69, 9.17) is 9.90 Å². The summed E-state index contributed by atoms with van der Waals surface area (Å²) in [5.74, 6) is -2.70. The van der Waals surface area contributed by atoms with Crippen molar-refractivity contribution in [1.29, 1.82) is 0 Å². The number of urea groups is 1. The SMILES string of the molecule is O=C(Nc1ccncc1)NC1CCN(C(=O)[C@H](O)CSc2ccc(Br)cc2)CC1.O=C(O)C(F)(F)F. The Kier molecular flexibility index (Phi) is 11.5. The van der Waals surface area contributed by atoms with Gasteiger partial charge in [0.25, 0.3) is 5.91 Å². The zero-order chi connectivity index (χ0) is 26.7. The number of halogens is 4. The number of nitrogens with one attached hydrogen (secondary N) is 2. The van der Waals surface area contributed by atoms with Crippen molar-refractivity contribution in [2.75, 3.05) is 24.2 Å². The lowest BCUT2D eigenvalue weighted by atomic mass is 10.0. The lowest BCUT2D eigenvalue weighted by Gasteiger charge is -2.33. The molecule has 3 amide bonds. The van der Waals surface area contributed by atoms with Crippen LogP contribution in [0.15, 0.2) is 58.2 Å². The number of benzene rings is 1. The number of alkyl halides is 3. The van der Waals surface area contributed by atoms with Crippen molar-refractivity contribution in [3.05, 3.63) is 53.3 Å². The van der Waals surface area contributed by atoms with Crippen molar-refractivity contribution < 1.29 is 37.8 Å². The number of hydrogen-bond donors (Lipinski definition) is 4. The normalized spacial score (nSPS) is 14.8. The molecule has 2 aromatic rings. The van der Waals surface area contributed by atoms with Gasteiger partial charge in [0.15, 0.2) is 0 Å². The Morgan fingerprint density at radius 2 is 1.67 bits per heavy atom. The molecule has 1 aliphatic heterocycles. The molecule has 196 valence electrons. The zero-order valence-electron chi connectivity index (χ0n) is 18.7. The predicted octanol–water partition coefficient (Wildman–Crippen LogP) is 3.74. The van der Waals surface area contributed by atoms with Crippen molar-refractivity contribution in [1.82, 2.24) is 15.2 Å². The Morgan fingerprint density at radius 3 is 2.19 bits per heavy atom. The van der Waals surface area contributed by atoms with Gasteiger partial charge >= 0.3 is 18.2 Å². The molecule has 0 spiro atoms. The van der Waals surface area contributed by atoms with E-state index in [-0.39, 0.29) is 18.0 Å². The number of aromatic nitrogens is 1. The third-order valence-electron chi connectivity index (χ3n) is 4.83. The predicted molar refractivity (Wildman–Crippen MR) is 131 cm³/mol. The number of piperidine rings is 1. The molecule has 3 rings (SSSR count). The third kappa shape index (κ3) is 10.4. The van der Waals surface area contributed by atoms with Gasteiger partial charge in [-0.05, 0) is 49.2 Å². The minimum atomic E-state index is -5.08. The van der Waals surface area contributed by atoms with E-state index in [1.165, 1.54) is 11.8 Å². The minimum absolute atomic E-state index is 0.00447. The van der Waals surface area contributed by atoms with Crippen LogP contribution >= 0.6 is 27.7 Å². The maximum absolute atomic E-state index is 12.5. The maximum Gasteiger partial charge on any atom is 0.490 e. The second-order valence-electron chi connectivity index (χ2n) is 7.52. The van der Waals surface area contributed by atoms with E-state index < -0.39 is 18.2 Å². The first-order valence-corrected chi connectivity index (χ1v) is 12.4. The molecule has 14 heteroatoms. The molecule has 0 radical (unpaired) electrons. The summed E-state index contributed by atoms with van der Waals surface area (Å²) in [6.45, 7) is 1.03. The number of anilines is 1. The van der Waals surface area contributed by atoms with Crippen molar-refractivity contribution in [3.63, 3.8) is 0 Å². The molecule has 1 aromatic carbocycles. The van der Waals surface area contributed by atoms with Crippen LogP contribution in [0.1, 0.15) is 12.8 Å². The monoisotopic (exact) mass is 592 g/mol. The van der Waals surface area contributed by atoms with Crippen molar-refractivity contribution in [2.45, 2.75) is 36.1 Å². The molecule has 0 unspecified atom stereocenters. The minimum Gasteiger partial charge on any atom is -0.475 e. The molecule has 4 N–H and O–H groups in total. The van der Waals surface area contributed by atoms with E-state index in [1.807, 2.05) is 24.3 Å². The van der Waals surface area contributed by atoms with Crippen molar-refractivity contribution in [3.8, 4) is 0 Å². The molecule has 0 aliphatic carbocycles. The molecule has 1 aromatic heterocycles. The standard InChI is InChI=1S/C20H23BrN4O3S.C2HF3O2/c21-14-1-3-17(4-2-14)29-13-18(26)19(27)25-11-7-16(8-12-25)24-20(28)23-15-5-9-22-10-6-15;3-2(4,5)1(6)7/h1-6,9-10,16,18,26H,7-8,11-13H2,(H2,22,23,24,28);(H,6,7)/t18-;/m1./s1. The van der Waals surface area contributed by atoms with Crippen LogP contribution in [-0.2, 0) is 9.59 Å². The fourth-order valence-electron chi connectivity index (χ4n) is 3.02. The lowest BCUT2D eigenvalue weighted by Crippen LogP contribution is -2.50. The Hall–Kier alpha value is -2.84. The van der Waals surface area contributed by atoms with Gasteiger partial charge in [0.05, 0.1) is 0 Å². The third-order valence-corrected chi connectivity index (χ3v) is 6.45. The molecule has 2 heterocycles. The van der Waals surface area contributed by atoms with Crippen LogP contribution in [-0.4, -0.2) is 75.2 Å². The average Bonchev–Trinajstić information content (AvgIpc) is 2.84. The highest BCUT2D eigenvalue weighted by atomic mass is 79.9. The molecule has 1 aliphatic rings. The van der Waals surface area contributed by atoms with Gasteiger partial charge in [0, 0.05) is 52.3 Å². The molecular weight excluding hydrogens is 569 g/mol. The highest BCUT2D eigenvalue weighted by Gasteiger charge is 2.38. The fourth-order valence-corrected chi connectivity index (χ4v) is 4.11. The summed E-state index contributed by atoms with van der Waals surface area (Å²) in [6.07, 6.45) is -1.59. The van der Waals surface area contributed by atoms with Crippen LogP contribution in [0, 0.1) is 0 Å². The highest BCUT2D eigenvalue weighted by molar-refractivity contribution is 9.10. The average molecular weight is 593 g/mol. The van der Waals surface area contributed by atoms with Crippen molar-refractivity contribution in [2.24, 2.45) is 0 Å². The van der Waals surface area contributed by atoms with Crippen LogP contribution < -0.4 is 10.6 Å². The maximum atomic E-state index is 12.5. The van der Waals surface area contributed by atoms with E-state index in [0.717, 1.165) is 9.37 Å². The lowest BCUT2D eigenvalue weighted by molar-refractivity contribution is -0.192. The molecule has 1 fully saturated rings. The first kappa shape index (κ1) is 29.4. The van der Waals surface area contributed by atoms with Crippen LogP contribution in [0.25, 0.3) is 0 Å². The second-order valence-corrected chi connectivity index (χ2v) is 9.53. The summed E-state index contributed by atoms with van der Waals surface area (Å²) < 4.78 is 32.7. The second kappa shape index (κ2) is 14.0. The number of carbonyl (C=O) groups is 3. The van der Waals surface area contributed by atoms with E-state index >= 15 is 0 Å². The Labute approximate surface area is 217 Å². The summed E-state index contributed by atoms with van der Waals surface area (Å²) >= 11 is 4.84. The van der Waals surface area contributed by atoms with Crippen molar-refractivity contribution >= 4 is 51.3 Å². The van der Waals surface area contributed by atoms with Crippen LogP contribution in [0.2, 0.25) is 0 Å². The highest BCUT2D eigenvalue weighted by Crippen LogP contribution is 2.22. The number of hydrogen-bond acceptors (Lipinski definition) is 6. The van der Waals surface area contributed by atoms with E-state index in [0.29, 0.717) is 37.4 Å². The van der Waals surface area contributed by atoms with Gasteiger partial charge < -0.3 is 25.7 Å². The first-order valence-electron chi connectivity index (χ1n) is 10.6. The Balaban J connectivity index is 0.000000572. The summed E-state index contributed by atoms with van der Waals surface area (Å²) in [5.41, 5.74) is 0.677. The Bertz CT molecular complexity index is 1010. The summed E-state index contributed by atoms with van der Waals surface area (Å²) in [5, 5.41) is 23.1. The number of aliphatic carboxylic acids is 1. The summed E-state index contributed by atoms with van der Waals surface area (Å²) in [6, 6.07) is 10.9. The molecule has 1 atom stereocenters. The number of carbonyl (C=O) groups excluding carboxylic acids is 2. The van der Waals surface area contributed by atoms with Gasteiger partial charge in [-0.25, -0.2) is 9.59 Å². The topological polar surface area (TPSA) is 132 Å². The molecule has 36 heavy (non-hydrogen) atoms. The first-order chi connectivity index (χ1) is 17.0. The molecule has 0 bridgehead atoms. The number of likely N-dealkylation sites (tertiary alicyclic amines) is 1. The molecule has 0 saturated carbocycles. The molecule has 1 saturated heterocycles. The number of pyridine rings is 1. The van der Waals surface area contributed by atoms with E-state index in [2.05, 4.69) is 31.5 Å². The number of thioether (sulfide) groups is 1. The number of nitrogens with zero attached hydrogens (tertiary/aromatic N) is 2. The largest absolute Gasteiger partial charge is 0.490 e. The molecular formula is C22H24BrF3N4O5S. The summed E-state index contributed by atoms with van der Waals surface area (Å²) in [4.78, 5) is 40.0. The summed E-state index contributed by atoms with van der Waals surface area (Å²) in [7, 11) is 0. The van der Waals surface area contributed by atoms with Gasteiger partial charge in [-0.3, -0.25) is 9.78 Å². The van der Waals surface area contributed by atoms with Gasteiger partial charge in [-0.2, -0.15) is 13.2 Å². The quantitative estimate of drug-likeness (QED) is 0.376. The fraction of sp³-hybridized carbons (Fsp3) is 0.364. The molecule has 9 nitrogen and oxygen atoms in total. The number of aliphatic hydroxyl groups excluding tert-OH is 1. The van der Waals surface area contributed by atoms with Gasteiger partial charge in [-0.15, -0.1) is 11.8 Å². The number of rotatable bonds is 6. The zero-order valence-corrected chi connectivity index (χ0v) is 21.1. The van der Waals surface area contributed by atoms with Gasteiger partial charge in [0.2, 0.25) is 0 Å². The van der Waals surface area contributed by atoms with Crippen LogP contribution in [0.5, 0.6) is 0 Å². The number of carboxylic acid groups (broad SMARTS) is 1.